The maximum absolute atomic E-state index is 13.5. The van der Waals surface area contributed by atoms with Crippen molar-refractivity contribution in [1.82, 2.24) is 30.9 Å². The van der Waals surface area contributed by atoms with Gasteiger partial charge in [0.05, 0.1) is 23.3 Å². The molecule has 198 valence electrons. The molecule has 0 aliphatic carbocycles. The summed E-state index contributed by atoms with van der Waals surface area (Å²) >= 11 is 6.08. The van der Waals surface area contributed by atoms with E-state index in [0.29, 0.717) is 30.1 Å². The zero-order valence-electron chi connectivity index (χ0n) is 21.4. The molecule has 3 saturated heterocycles. The van der Waals surface area contributed by atoms with E-state index in [1.54, 1.807) is 17.4 Å². The average Bonchev–Trinajstić information content (AvgIpc) is 3.15. The maximum Gasteiger partial charge on any atom is 0.230 e. The van der Waals surface area contributed by atoms with Crippen molar-refractivity contribution in [3.05, 3.63) is 11.2 Å². The van der Waals surface area contributed by atoms with Crippen molar-refractivity contribution in [1.29, 1.82) is 0 Å². The van der Waals surface area contributed by atoms with Gasteiger partial charge in [-0.3, -0.25) is 19.7 Å². The van der Waals surface area contributed by atoms with Crippen LogP contribution in [0, 0.1) is 11.8 Å². The minimum atomic E-state index is -0.555. The fraction of sp³-hybridized carbons (Fsp3) is 0.833. The average molecular weight is 511 g/mol. The quantitative estimate of drug-likeness (QED) is 0.320. The second-order valence-electron chi connectivity index (χ2n) is 10.7. The van der Waals surface area contributed by atoms with Gasteiger partial charge in [-0.1, -0.05) is 38.3 Å². The zero-order chi connectivity index (χ0) is 25.3. The largest absolute Gasteiger partial charge is 0.390 e. The number of β-amino-alcohol motifs (C(OH)–C–C–N with tert-alkyl or cyclic N) is 1. The molecule has 0 aromatic rings. The van der Waals surface area contributed by atoms with Gasteiger partial charge in [-0.15, -0.1) is 0 Å². The number of piperidine rings is 2. The van der Waals surface area contributed by atoms with Gasteiger partial charge in [-0.05, 0) is 32.9 Å². The first-order chi connectivity index (χ1) is 16.7. The van der Waals surface area contributed by atoms with Gasteiger partial charge >= 0.3 is 0 Å². The van der Waals surface area contributed by atoms with Crippen molar-refractivity contribution < 1.29 is 9.90 Å². The molecule has 0 aromatic carbocycles. The van der Waals surface area contributed by atoms with Crippen molar-refractivity contribution in [2.75, 3.05) is 33.7 Å². The monoisotopic (exact) mass is 510 g/mol. The molecule has 4 aliphatic rings. The number of hydrazine groups is 1. The number of nitrogens with one attached hydrogen (secondary N) is 3. The van der Waals surface area contributed by atoms with Crippen LogP contribution in [0.5, 0.6) is 0 Å². The number of aliphatic hydroxyl groups is 1. The fourth-order valence-corrected chi connectivity index (χ4v) is 6.56. The SMILES string of the molecule is CCC(CC)C1CC(N2CC[C@H](N(C)C)[C@@H](O)C2)C(NC(=O)C2C(N)NN3C=C(Cl)C=NC23)CN1. The number of aliphatic hydroxyl groups excluding tert-OH is 1. The third-order valence-electron chi connectivity index (χ3n) is 8.42. The molecule has 10 nitrogen and oxygen atoms in total. The van der Waals surface area contributed by atoms with Gasteiger partial charge in [-0.2, -0.15) is 0 Å². The highest BCUT2D eigenvalue weighted by Crippen LogP contribution is 2.29. The lowest BCUT2D eigenvalue weighted by atomic mass is 9.82. The summed E-state index contributed by atoms with van der Waals surface area (Å²) in [4.78, 5) is 22.5. The topological polar surface area (TPSA) is 121 Å². The minimum Gasteiger partial charge on any atom is -0.390 e. The molecule has 4 rings (SSSR count). The summed E-state index contributed by atoms with van der Waals surface area (Å²) in [5, 5.41) is 20.1. The Balaban J connectivity index is 1.49. The number of hydrogen-bond donors (Lipinski definition) is 5. The molecule has 0 aromatic heterocycles. The number of fused-ring (bicyclic) bond motifs is 1. The molecule has 0 saturated carbocycles. The second kappa shape index (κ2) is 11.4. The van der Waals surface area contributed by atoms with Crippen LogP contribution in [0.25, 0.3) is 0 Å². The number of nitrogens with zero attached hydrogens (tertiary/aromatic N) is 4. The lowest BCUT2D eigenvalue weighted by Gasteiger charge is -2.49. The molecule has 6 N–H and O–H groups in total. The lowest BCUT2D eigenvalue weighted by Crippen LogP contribution is -2.67. The number of rotatable bonds is 7. The van der Waals surface area contributed by atoms with Crippen LogP contribution in [0.4, 0.5) is 0 Å². The first kappa shape index (κ1) is 26.8. The Morgan fingerprint density at radius 1 is 1.40 bits per heavy atom. The van der Waals surface area contributed by atoms with Crippen LogP contribution < -0.4 is 21.8 Å². The molecular formula is C24H43ClN8O2. The van der Waals surface area contributed by atoms with Crippen LogP contribution in [0.15, 0.2) is 16.2 Å². The van der Waals surface area contributed by atoms with E-state index < -0.39 is 24.4 Å². The Labute approximate surface area is 214 Å². The van der Waals surface area contributed by atoms with Crippen LogP contribution in [0.1, 0.15) is 39.5 Å². The Hall–Kier alpha value is -1.27. The summed E-state index contributed by atoms with van der Waals surface area (Å²) in [5.74, 6) is -0.0511. The molecular weight excluding hydrogens is 468 g/mol. The van der Waals surface area contributed by atoms with Gasteiger partial charge in [0.1, 0.15) is 12.1 Å². The maximum atomic E-state index is 13.5. The number of likely N-dealkylation sites (tertiary alicyclic amines) is 1. The fourth-order valence-electron chi connectivity index (χ4n) is 6.39. The van der Waals surface area contributed by atoms with Crippen molar-refractivity contribution in [3.63, 3.8) is 0 Å². The van der Waals surface area contributed by atoms with Crippen LogP contribution in [0.3, 0.4) is 0 Å². The van der Waals surface area contributed by atoms with E-state index in [0.717, 1.165) is 32.2 Å². The number of hydrogen-bond acceptors (Lipinski definition) is 9. The molecule has 0 bridgehead atoms. The number of likely N-dealkylation sites (N-methyl/N-ethyl adjacent to an activating group) is 1. The van der Waals surface area contributed by atoms with E-state index in [-0.39, 0.29) is 24.0 Å². The minimum absolute atomic E-state index is 0.0795. The van der Waals surface area contributed by atoms with Crippen LogP contribution >= 0.6 is 11.6 Å². The first-order valence-corrected chi connectivity index (χ1v) is 13.4. The number of carbonyl (C=O) groups excluding carboxylic acids is 1. The van der Waals surface area contributed by atoms with Gasteiger partial charge in [0, 0.05) is 50.2 Å². The van der Waals surface area contributed by atoms with Crippen LogP contribution in [-0.2, 0) is 4.79 Å². The number of nitrogens with two attached hydrogens (primary N) is 1. The number of allylic oxidation sites excluding steroid dienone is 1. The van der Waals surface area contributed by atoms with Crippen LogP contribution in [-0.4, -0.2) is 108 Å². The third kappa shape index (κ3) is 5.69. The number of carbonyl (C=O) groups is 1. The van der Waals surface area contributed by atoms with Gasteiger partial charge in [0.2, 0.25) is 5.91 Å². The predicted molar refractivity (Wildman–Crippen MR) is 139 cm³/mol. The van der Waals surface area contributed by atoms with E-state index in [9.17, 15) is 9.90 Å². The smallest absolute Gasteiger partial charge is 0.230 e. The van der Waals surface area contributed by atoms with E-state index in [2.05, 4.69) is 44.7 Å². The van der Waals surface area contributed by atoms with Crippen molar-refractivity contribution in [2.45, 2.75) is 82.1 Å². The molecule has 11 heteroatoms. The molecule has 0 spiro atoms. The molecule has 0 radical (unpaired) electrons. The lowest BCUT2D eigenvalue weighted by molar-refractivity contribution is -0.127. The summed E-state index contributed by atoms with van der Waals surface area (Å²) in [6, 6.07) is 0.625. The van der Waals surface area contributed by atoms with Gasteiger partial charge < -0.3 is 26.4 Å². The van der Waals surface area contributed by atoms with Gasteiger partial charge in [-0.25, -0.2) is 5.43 Å². The highest BCUT2D eigenvalue weighted by molar-refractivity contribution is 6.39. The summed E-state index contributed by atoms with van der Waals surface area (Å²) in [5.41, 5.74) is 9.40. The predicted octanol–water partition coefficient (Wildman–Crippen LogP) is -0.153. The summed E-state index contributed by atoms with van der Waals surface area (Å²) in [6.07, 6.45) is 6.00. The number of amides is 1. The third-order valence-corrected chi connectivity index (χ3v) is 8.62. The Kier molecular flexibility index (Phi) is 8.73. The van der Waals surface area contributed by atoms with Crippen molar-refractivity contribution in [2.24, 2.45) is 22.6 Å². The summed E-state index contributed by atoms with van der Waals surface area (Å²) < 4.78 is 0. The number of aliphatic imine (C=N–C) groups is 1. The standard InChI is InChI=1S/C24H43ClN8O2/c1-5-14(6-2)16-9-19(32-8-7-18(31(3)4)20(34)13-32)17(11-27-16)29-24(35)21-22(26)30-33-12-15(25)10-28-23(21)33/h10,12,14,16-23,27,30,34H,5-9,11,13,26H2,1-4H3,(H,29,35)/t16?,17?,18-,19?,20-,21?,22?,23?/m0/s1. The van der Waals surface area contributed by atoms with Crippen molar-refractivity contribution >= 4 is 23.7 Å². The highest BCUT2D eigenvalue weighted by atomic mass is 35.5. The van der Waals surface area contributed by atoms with E-state index in [1.165, 1.54) is 0 Å². The van der Waals surface area contributed by atoms with Crippen molar-refractivity contribution in [3.8, 4) is 0 Å². The first-order valence-electron chi connectivity index (χ1n) is 13.1. The van der Waals surface area contributed by atoms with Crippen LogP contribution in [0.2, 0.25) is 0 Å². The Bertz CT molecular complexity index is 806. The Morgan fingerprint density at radius 2 is 2.14 bits per heavy atom. The Morgan fingerprint density at radius 3 is 2.80 bits per heavy atom. The highest BCUT2D eigenvalue weighted by Gasteiger charge is 2.47. The molecule has 3 fully saturated rings. The normalized spacial score (nSPS) is 38.1. The zero-order valence-corrected chi connectivity index (χ0v) is 22.2. The second-order valence-corrected chi connectivity index (χ2v) is 11.1. The van der Waals surface area contributed by atoms with Gasteiger partial charge in [0.15, 0.2) is 0 Å². The van der Waals surface area contributed by atoms with E-state index in [4.69, 9.17) is 17.3 Å². The molecule has 4 aliphatic heterocycles. The molecule has 4 heterocycles. The molecule has 35 heavy (non-hydrogen) atoms. The van der Waals surface area contributed by atoms with E-state index in [1.807, 2.05) is 14.1 Å². The van der Waals surface area contributed by atoms with Gasteiger partial charge in [0.25, 0.3) is 0 Å². The number of halogens is 1. The molecule has 8 atom stereocenters. The molecule has 6 unspecified atom stereocenters. The molecule has 1 amide bonds. The summed E-state index contributed by atoms with van der Waals surface area (Å²) in [7, 11) is 4.05. The van der Waals surface area contributed by atoms with E-state index >= 15 is 0 Å². The summed E-state index contributed by atoms with van der Waals surface area (Å²) in [6.45, 7) is 6.71.